The summed E-state index contributed by atoms with van der Waals surface area (Å²) in [6, 6.07) is 4.98. The molecule has 3 nitrogen and oxygen atoms in total. The molecule has 0 bridgehead atoms. The molecule has 0 atom stereocenters. The second kappa shape index (κ2) is 4.63. The Bertz CT molecular complexity index is 540. The number of aromatic nitrogens is 2. The van der Waals surface area contributed by atoms with E-state index in [1.165, 1.54) is 12.1 Å². The molecule has 0 aliphatic heterocycles. The summed E-state index contributed by atoms with van der Waals surface area (Å²) in [6.07, 6.45) is 0. The van der Waals surface area contributed by atoms with Crippen LogP contribution in [0.1, 0.15) is 5.82 Å². The van der Waals surface area contributed by atoms with E-state index in [1.807, 2.05) is 0 Å². The van der Waals surface area contributed by atoms with Gasteiger partial charge in [0.25, 0.3) is 0 Å². The molecule has 6 heteroatoms. The highest BCUT2D eigenvalue weighted by atomic mass is 35.5. The molecule has 17 heavy (non-hydrogen) atoms. The van der Waals surface area contributed by atoms with E-state index in [0.717, 1.165) is 12.1 Å². The number of anilines is 2. The lowest BCUT2D eigenvalue weighted by molar-refractivity contribution is 0.509. The SMILES string of the molecule is Cc1nc(Cl)cc(Nc2ccc(F)c(F)c2)n1. The summed E-state index contributed by atoms with van der Waals surface area (Å²) in [7, 11) is 0. The van der Waals surface area contributed by atoms with Gasteiger partial charge >= 0.3 is 0 Å². The third-order valence-electron chi connectivity index (χ3n) is 2.00. The van der Waals surface area contributed by atoms with E-state index >= 15 is 0 Å². The third-order valence-corrected chi connectivity index (χ3v) is 2.19. The van der Waals surface area contributed by atoms with Crippen molar-refractivity contribution in [3.63, 3.8) is 0 Å². The number of aryl methyl sites for hydroxylation is 1. The van der Waals surface area contributed by atoms with Crippen LogP contribution < -0.4 is 5.32 Å². The molecule has 88 valence electrons. The van der Waals surface area contributed by atoms with Gasteiger partial charge in [0.15, 0.2) is 11.6 Å². The van der Waals surface area contributed by atoms with Gasteiger partial charge in [-0.05, 0) is 19.1 Å². The molecule has 0 spiro atoms. The lowest BCUT2D eigenvalue weighted by Crippen LogP contribution is -1.98. The van der Waals surface area contributed by atoms with Crippen molar-refractivity contribution in [2.75, 3.05) is 5.32 Å². The van der Waals surface area contributed by atoms with Gasteiger partial charge in [-0.25, -0.2) is 18.7 Å². The summed E-state index contributed by atoms with van der Waals surface area (Å²) in [5, 5.41) is 3.09. The van der Waals surface area contributed by atoms with Gasteiger partial charge in [-0.1, -0.05) is 11.6 Å². The zero-order valence-corrected chi connectivity index (χ0v) is 9.59. The van der Waals surface area contributed by atoms with Crippen molar-refractivity contribution in [2.24, 2.45) is 0 Å². The fourth-order valence-corrected chi connectivity index (χ4v) is 1.54. The van der Waals surface area contributed by atoms with Gasteiger partial charge in [0.2, 0.25) is 0 Å². The first-order valence-corrected chi connectivity index (χ1v) is 5.15. The number of halogens is 3. The average molecular weight is 256 g/mol. The molecule has 0 unspecified atom stereocenters. The minimum Gasteiger partial charge on any atom is -0.340 e. The number of benzene rings is 1. The topological polar surface area (TPSA) is 37.8 Å². The Hall–Kier alpha value is -1.75. The molecular formula is C11H8ClF2N3. The Morgan fingerprint density at radius 3 is 2.53 bits per heavy atom. The van der Waals surface area contributed by atoms with Gasteiger partial charge in [-0.2, -0.15) is 0 Å². The summed E-state index contributed by atoms with van der Waals surface area (Å²) in [6.45, 7) is 1.68. The molecular weight excluding hydrogens is 248 g/mol. The first kappa shape index (κ1) is 11.7. The summed E-state index contributed by atoms with van der Waals surface area (Å²) in [5.41, 5.74) is 0.387. The van der Waals surface area contributed by atoms with Crippen LogP contribution in [0.25, 0.3) is 0 Å². The summed E-state index contributed by atoms with van der Waals surface area (Å²) in [4.78, 5) is 7.95. The average Bonchev–Trinajstić information content (AvgIpc) is 2.22. The molecule has 0 saturated heterocycles. The van der Waals surface area contributed by atoms with E-state index in [2.05, 4.69) is 15.3 Å². The molecule has 0 aliphatic rings. The second-order valence-electron chi connectivity index (χ2n) is 3.38. The van der Waals surface area contributed by atoms with Crippen LogP contribution in [-0.4, -0.2) is 9.97 Å². The largest absolute Gasteiger partial charge is 0.340 e. The van der Waals surface area contributed by atoms with Crippen molar-refractivity contribution >= 4 is 23.1 Å². The molecule has 0 fully saturated rings. The van der Waals surface area contributed by atoms with Crippen molar-refractivity contribution in [1.82, 2.24) is 9.97 Å². The Morgan fingerprint density at radius 1 is 1.12 bits per heavy atom. The Morgan fingerprint density at radius 2 is 1.88 bits per heavy atom. The van der Waals surface area contributed by atoms with Crippen LogP contribution in [0.2, 0.25) is 5.15 Å². The Balaban J connectivity index is 2.28. The van der Waals surface area contributed by atoms with Crippen LogP contribution >= 0.6 is 11.6 Å². The molecule has 0 amide bonds. The van der Waals surface area contributed by atoms with E-state index in [9.17, 15) is 8.78 Å². The van der Waals surface area contributed by atoms with Crippen LogP contribution in [0.5, 0.6) is 0 Å². The van der Waals surface area contributed by atoms with Gasteiger partial charge in [0.1, 0.15) is 16.8 Å². The number of rotatable bonds is 2. The lowest BCUT2D eigenvalue weighted by Gasteiger charge is -2.06. The van der Waals surface area contributed by atoms with E-state index in [0.29, 0.717) is 17.3 Å². The normalized spacial score (nSPS) is 10.4. The molecule has 0 radical (unpaired) electrons. The molecule has 1 heterocycles. The molecule has 1 N–H and O–H groups in total. The van der Waals surface area contributed by atoms with Gasteiger partial charge in [0, 0.05) is 17.8 Å². The predicted molar refractivity (Wildman–Crippen MR) is 61.4 cm³/mol. The summed E-state index contributed by atoms with van der Waals surface area (Å²) in [5.74, 6) is -0.907. The van der Waals surface area contributed by atoms with E-state index in [-0.39, 0.29) is 5.15 Å². The first-order valence-electron chi connectivity index (χ1n) is 4.78. The molecule has 0 aliphatic carbocycles. The fraction of sp³-hybridized carbons (Fsp3) is 0.0909. The van der Waals surface area contributed by atoms with E-state index < -0.39 is 11.6 Å². The molecule has 2 aromatic rings. The Kier molecular flexibility index (Phi) is 3.19. The van der Waals surface area contributed by atoms with Gasteiger partial charge in [-0.15, -0.1) is 0 Å². The highest BCUT2D eigenvalue weighted by Crippen LogP contribution is 2.19. The monoisotopic (exact) mass is 255 g/mol. The highest BCUT2D eigenvalue weighted by Gasteiger charge is 2.04. The van der Waals surface area contributed by atoms with Crippen molar-refractivity contribution in [2.45, 2.75) is 6.92 Å². The van der Waals surface area contributed by atoms with Crippen LogP contribution in [-0.2, 0) is 0 Å². The Labute approximate surface area is 101 Å². The standard InChI is InChI=1S/C11H8ClF2N3/c1-6-15-10(12)5-11(16-6)17-7-2-3-8(13)9(14)4-7/h2-5H,1H3,(H,15,16,17). The number of nitrogens with one attached hydrogen (secondary N) is 1. The minimum atomic E-state index is -0.924. The van der Waals surface area contributed by atoms with Gasteiger partial charge in [0.05, 0.1) is 0 Å². The van der Waals surface area contributed by atoms with Crippen molar-refractivity contribution in [3.05, 3.63) is 46.9 Å². The number of hydrogen-bond donors (Lipinski definition) is 1. The third kappa shape index (κ3) is 2.88. The summed E-state index contributed by atoms with van der Waals surface area (Å²) >= 11 is 5.75. The predicted octanol–water partition coefficient (Wildman–Crippen LogP) is 3.46. The van der Waals surface area contributed by atoms with Gasteiger partial charge in [-0.3, -0.25) is 0 Å². The van der Waals surface area contributed by atoms with Crippen molar-refractivity contribution in [3.8, 4) is 0 Å². The second-order valence-corrected chi connectivity index (χ2v) is 3.76. The van der Waals surface area contributed by atoms with Crippen LogP contribution in [0.4, 0.5) is 20.3 Å². The molecule has 2 rings (SSSR count). The quantitative estimate of drug-likeness (QED) is 0.835. The maximum absolute atomic E-state index is 13.0. The van der Waals surface area contributed by atoms with Crippen molar-refractivity contribution in [1.29, 1.82) is 0 Å². The minimum absolute atomic E-state index is 0.280. The molecule has 0 saturated carbocycles. The molecule has 1 aromatic heterocycles. The zero-order valence-electron chi connectivity index (χ0n) is 8.84. The summed E-state index contributed by atoms with van der Waals surface area (Å²) < 4.78 is 25.7. The van der Waals surface area contributed by atoms with Crippen LogP contribution in [0.15, 0.2) is 24.3 Å². The first-order chi connectivity index (χ1) is 8.04. The van der Waals surface area contributed by atoms with E-state index in [4.69, 9.17) is 11.6 Å². The smallest absolute Gasteiger partial charge is 0.160 e. The van der Waals surface area contributed by atoms with Gasteiger partial charge < -0.3 is 5.32 Å². The fourth-order valence-electron chi connectivity index (χ4n) is 1.32. The maximum atomic E-state index is 13.0. The lowest BCUT2D eigenvalue weighted by atomic mass is 10.3. The van der Waals surface area contributed by atoms with Crippen molar-refractivity contribution < 1.29 is 8.78 Å². The number of nitrogens with zero attached hydrogens (tertiary/aromatic N) is 2. The maximum Gasteiger partial charge on any atom is 0.160 e. The van der Waals surface area contributed by atoms with E-state index in [1.54, 1.807) is 6.92 Å². The zero-order chi connectivity index (χ0) is 12.4. The van der Waals surface area contributed by atoms with Crippen LogP contribution in [0.3, 0.4) is 0 Å². The molecule has 1 aromatic carbocycles. The number of hydrogen-bond acceptors (Lipinski definition) is 3. The van der Waals surface area contributed by atoms with Crippen LogP contribution in [0, 0.1) is 18.6 Å². The highest BCUT2D eigenvalue weighted by molar-refractivity contribution is 6.29.